The maximum Gasteiger partial charge on any atom is 0.162 e. The molecule has 0 radical (unpaired) electrons. The molecule has 0 saturated carbocycles. The van der Waals surface area contributed by atoms with Crippen molar-refractivity contribution in [1.29, 1.82) is 0 Å². The van der Waals surface area contributed by atoms with Crippen molar-refractivity contribution in [1.82, 2.24) is 0 Å². The van der Waals surface area contributed by atoms with Crippen LogP contribution in [0.4, 0.5) is 0 Å². The zero-order valence-electron chi connectivity index (χ0n) is 9.26. The fourth-order valence-corrected chi connectivity index (χ4v) is 2.34. The first kappa shape index (κ1) is 11.9. The van der Waals surface area contributed by atoms with E-state index in [9.17, 15) is 0 Å². The van der Waals surface area contributed by atoms with E-state index in [1.54, 1.807) is 11.8 Å². The van der Waals surface area contributed by atoms with Gasteiger partial charge in [0.15, 0.2) is 11.5 Å². The Morgan fingerprint density at radius 1 is 1.35 bits per heavy atom. The van der Waals surface area contributed by atoms with Gasteiger partial charge in [0, 0.05) is 17.1 Å². The van der Waals surface area contributed by atoms with Gasteiger partial charge in [-0.25, -0.2) is 0 Å². The highest BCUT2D eigenvalue weighted by Gasteiger charge is 2.11. The van der Waals surface area contributed by atoms with Crippen molar-refractivity contribution >= 4 is 17.6 Å². The van der Waals surface area contributed by atoms with Gasteiger partial charge in [-0.2, -0.15) is 0 Å². The number of nitrogens with two attached hydrogens (primary N) is 1. The van der Waals surface area contributed by atoms with E-state index in [1.807, 2.05) is 18.2 Å². The average molecular weight is 254 g/mol. The molecule has 0 saturated heterocycles. The Morgan fingerprint density at radius 3 is 2.88 bits per heavy atom. The Balaban J connectivity index is 1.93. The third-order valence-electron chi connectivity index (χ3n) is 2.27. The van der Waals surface area contributed by atoms with E-state index in [0.29, 0.717) is 19.6 Å². The standard InChI is InChI=1S/C11H14N2O3S/c12-11(13-14)3-6-17-8-1-2-9-10(7-8)16-5-4-15-9/h1-2,7,14H,3-6H2,(H2,12,13). The van der Waals surface area contributed by atoms with Crippen LogP contribution in [-0.4, -0.2) is 30.0 Å². The van der Waals surface area contributed by atoms with Gasteiger partial charge in [-0.15, -0.1) is 11.8 Å². The van der Waals surface area contributed by atoms with Crippen molar-refractivity contribution < 1.29 is 14.7 Å². The molecule has 0 aliphatic carbocycles. The predicted molar refractivity (Wildman–Crippen MR) is 66.2 cm³/mol. The molecule has 0 fully saturated rings. The van der Waals surface area contributed by atoms with Crippen molar-refractivity contribution in [3.8, 4) is 11.5 Å². The SMILES string of the molecule is N/C(CCSc1ccc2c(c1)OCCO2)=N/O. The van der Waals surface area contributed by atoms with Gasteiger partial charge in [0.1, 0.15) is 19.0 Å². The van der Waals surface area contributed by atoms with Gasteiger partial charge in [0.05, 0.1) is 0 Å². The molecule has 0 spiro atoms. The zero-order chi connectivity index (χ0) is 12.1. The molecule has 0 amide bonds. The molecule has 6 heteroatoms. The van der Waals surface area contributed by atoms with Crippen LogP contribution in [0.1, 0.15) is 6.42 Å². The fraction of sp³-hybridized carbons (Fsp3) is 0.364. The van der Waals surface area contributed by atoms with Gasteiger partial charge in [-0.1, -0.05) is 5.16 Å². The molecule has 1 aliphatic heterocycles. The minimum Gasteiger partial charge on any atom is -0.486 e. The summed E-state index contributed by atoms with van der Waals surface area (Å²) in [5, 5.41) is 11.3. The second-order valence-corrected chi connectivity index (χ2v) is 4.66. The highest BCUT2D eigenvalue weighted by atomic mass is 32.2. The summed E-state index contributed by atoms with van der Waals surface area (Å²) in [6.07, 6.45) is 0.551. The first-order valence-electron chi connectivity index (χ1n) is 5.28. The smallest absolute Gasteiger partial charge is 0.162 e. The van der Waals surface area contributed by atoms with Crippen molar-refractivity contribution in [3.05, 3.63) is 18.2 Å². The second kappa shape index (κ2) is 5.67. The van der Waals surface area contributed by atoms with Gasteiger partial charge in [-0.3, -0.25) is 0 Å². The summed E-state index contributed by atoms with van der Waals surface area (Å²) < 4.78 is 10.9. The van der Waals surface area contributed by atoms with Gasteiger partial charge in [0.25, 0.3) is 0 Å². The Kier molecular flexibility index (Phi) is 3.98. The lowest BCUT2D eigenvalue weighted by Gasteiger charge is -2.18. The maximum absolute atomic E-state index is 8.41. The number of rotatable bonds is 4. The number of hydrogen-bond donors (Lipinski definition) is 2. The van der Waals surface area contributed by atoms with Crippen molar-refractivity contribution in [2.24, 2.45) is 10.9 Å². The number of hydrogen-bond acceptors (Lipinski definition) is 5. The highest BCUT2D eigenvalue weighted by molar-refractivity contribution is 7.99. The lowest BCUT2D eigenvalue weighted by Crippen LogP contribution is -2.15. The van der Waals surface area contributed by atoms with Crippen molar-refractivity contribution in [2.45, 2.75) is 11.3 Å². The van der Waals surface area contributed by atoms with Crippen molar-refractivity contribution in [2.75, 3.05) is 19.0 Å². The summed E-state index contributed by atoms with van der Waals surface area (Å²) in [5.41, 5.74) is 5.39. The molecule has 92 valence electrons. The fourth-order valence-electron chi connectivity index (χ4n) is 1.44. The van der Waals surface area contributed by atoms with Gasteiger partial charge in [-0.05, 0) is 18.2 Å². The first-order chi connectivity index (χ1) is 8.29. The van der Waals surface area contributed by atoms with E-state index in [4.69, 9.17) is 20.4 Å². The van der Waals surface area contributed by atoms with Crippen LogP contribution in [0.25, 0.3) is 0 Å². The Labute approximate surface area is 104 Å². The molecule has 5 nitrogen and oxygen atoms in total. The summed E-state index contributed by atoms with van der Waals surface area (Å²) in [6.45, 7) is 1.19. The van der Waals surface area contributed by atoms with Crippen LogP contribution in [0, 0.1) is 0 Å². The molecule has 0 unspecified atom stereocenters. The molecule has 2 rings (SSSR count). The third-order valence-corrected chi connectivity index (χ3v) is 3.26. The number of ether oxygens (including phenoxy) is 2. The van der Waals surface area contributed by atoms with Gasteiger partial charge < -0.3 is 20.4 Å². The minimum absolute atomic E-state index is 0.245. The Morgan fingerprint density at radius 2 is 2.12 bits per heavy atom. The molecule has 0 aromatic heterocycles. The van der Waals surface area contributed by atoms with E-state index in [2.05, 4.69) is 5.16 Å². The van der Waals surface area contributed by atoms with E-state index in [0.717, 1.165) is 22.1 Å². The van der Waals surface area contributed by atoms with Gasteiger partial charge in [0.2, 0.25) is 0 Å². The van der Waals surface area contributed by atoms with Gasteiger partial charge >= 0.3 is 0 Å². The zero-order valence-corrected chi connectivity index (χ0v) is 10.1. The Bertz CT molecular complexity index is 423. The summed E-state index contributed by atoms with van der Waals surface area (Å²) in [6, 6.07) is 5.83. The maximum atomic E-state index is 8.41. The molecule has 1 heterocycles. The molecule has 0 atom stereocenters. The normalized spacial score (nSPS) is 14.7. The Hall–Kier alpha value is -1.56. The molecule has 1 aromatic carbocycles. The largest absolute Gasteiger partial charge is 0.486 e. The molecular weight excluding hydrogens is 240 g/mol. The van der Waals surface area contributed by atoms with Crippen LogP contribution >= 0.6 is 11.8 Å². The molecule has 0 bridgehead atoms. The van der Waals surface area contributed by atoms with E-state index in [-0.39, 0.29) is 5.84 Å². The number of oxime groups is 1. The number of benzene rings is 1. The molecule has 1 aromatic rings. The summed E-state index contributed by atoms with van der Waals surface area (Å²) >= 11 is 1.63. The topological polar surface area (TPSA) is 77.1 Å². The summed E-state index contributed by atoms with van der Waals surface area (Å²) in [7, 11) is 0. The molecule has 3 N–H and O–H groups in total. The first-order valence-corrected chi connectivity index (χ1v) is 6.27. The van der Waals surface area contributed by atoms with Crippen LogP contribution < -0.4 is 15.2 Å². The van der Waals surface area contributed by atoms with Crippen LogP contribution in [0.3, 0.4) is 0 Å². The number of amidine groups is 1. The second-order valence-electron chi connectivity index (χ2n) is 3.50. The number of fused-ring (bicyclic) bond motifs is 1. The van der Waals surface area contributed by atoms with E-state index >= 15 is 0 Å². The van der Waals surface area contributed by atoms with Crippen LogP contribution in [0.5, 0.6) is 11.5 Å². The molecular formula is C11H14N2O3S. The number of nitrogens with zero attached hydrogens (tertiary/aromatic N) is 1. The lowest BCUT2D eigenvalue weighted by molar-refractivity contribution is 0.171. The predicted octanol–water partition coefficient (Wildman–Crippen LogP) is 1.69. The van der Waals surface area contributed by atoms with Crippen LogP contribution in [-0.2, 0) is 0 Å². The lowest BCUT2D eigenvalue weighted by atomic mass is 10.3. The molecule has 1 aliphatic rings. The van der Waals surface area contributed by atoms with E-state index < -0.39 is 0 Å². The average Bonchev–Trinajstić information content (AvgIpc) is 2.38. The van der Waals surface area contributed by atoms with E-state index in [1.165, 1.54) is 0 Å². The van der Waals surface area contributed by atoms with Crippen molar-refractivity contribution in [3.63, 3.8) is 0 Å². The molecule has 17 heavy (non-hydrogen) atoms. The summed E-state index contributed by atoms with van der Waals surface area (Å²) in [5.74, 6) is 2.58. The number of thioether (sulfide) groups is 1. The summed E-state index contributed by atoms with van der Waals surface area (Å²) in [4.78, 5) is 1.08. The third kappa shape index (κ3) is 3.20. The quantitative estimate of drug-likeness (QED) is 0.281. The monoisotopic (exact) mass is 254 g/mol. The minimum atomic E-state index is 0.245. The van der Waals surface area contributed by atoms with Crippen LogP contribution in [0.15, 0.2) is 28.3 Å². The highest BCUT2D eigenvalue weighted by Crippen LogP contribution is 2.34. The van der Waals surface area contributed by atoms with Crippen LogP contribution in [0.2, 0.25) is 0 Å².